The van der Waals surface area contributed by atoms with Gasteiger partial charge in [0, 0.05) is 0 Å². The van der Waals surface area contributed by atoms with Crippen LogP contribution in [0, 0.1) is 0 Å². The Morgan fingerprint density at radius 3 is 2.00 bits per heavy atom. The molecular weight excluding hydrogens is 281 g/mol. The van der Waals surface area contributed by atoms with E-state index < -0.39 is 9.79 Å². The van der Waals surface area contributed by atoms with Gasteiger partial charge in [0.2, 0.25) is 0 Å². The van der Waals surface area contributed by atoms with Crippen LogP contribution in [0.25, 0.3) is 0 Å². The van der Waals surface area contributed by atoms with Crippen molar-refractivity contribution in [3.63, 3.8) is 0 Å². The molecule has 0 amide bonds. The van der Waals surface area contributed by atoms with Crippen LogP contribution >= 0.6 is 0 Å². The average molecular weight is 286 g/mol. The summed E-state index contributed by atoms with van der Waals surface area (Å²) in [6, 6.07) is 0. The first kappa shape index (κ1) is 7.17. The summed E-state index contributed by atoms with van der Waals surface area (Å²) < 4.78 is -1.64. The molecule has 2 N–H and O–H groups in total. The Balaban J connectivity index is 3.79. The van der Waals surface area contributed by atoms with Crippen molar-refractivity contribution in [2.45, 2.75) is 10.7 Å². The van der Waals surface area contributed by atoms with Gasteiger partial charge in [0.25, 0.3) is 0 Å². The van der Waals surface area contributed by atoms with E-state index >= 15 is 0 Å². The molecule has 0 aliphatic rings. The van der Waals surface area contributed by atoms with Crippen molar-refractivity contribution in [1.82, 2.24) is 0 Å². The second-order valence-electron chi connectivity index (χ2n) is 1.18. The van der Waals surface area contributed by atoms with Gasteiger partial charge in [-0.15, -0.1) is 0 Å². The van der Waals surface area contributed by atoms with Gasteiger partial charge in [0.1, 0.15) is 0 Å². The average Bonchev–Trinajstić information content (AvgIpc) is 1.31. The molecule has 1 atom stereocenters. The fourth-order valence-corrected chi connectivity index (χ4v) is 0. The van der Waals surface area contributed by atoms with E-state index in [1.807, 2.05) is 0 Å². The Labute approximate surface area is 53.3 Å². The molecule has 0 fully saturated rings. The molecule has 1 unspecified atom stereocenters. The molecule has 0 radical (unpaired) electrons. The van der Waals surface area contributed by atoms with E-state index in [0.29, 0.717) is 0 Å². The number of aliphatic hydroxyl groups is 1. The molecule has 0 spiro atoms. The minimum atomic E-state index is -1.64. The third-order valence-corrected chi connectivity index (χ3v) is 0.837. The van der Waals surface area contributed by atoms with Crippen LogP contribution in [0.1, 0.15) is 6.92 Å². The fraction of sp³-hybridized carbons (Fsp3) is 0.667. The normalized spacial score (nSPS) is 18.3. The summed E-state index contributed by atoms with van der Waals surface area (Å²) in [5.41, 5.74) is 0. The maximum absolute atomic E-state index is 9.76. The predicted molar refractivity (Wildman–Crippen MR) is 18.3 cm³/mol. The van der Waals surface area contributed by atoms with E-state index in [1.54, 1.807) is 21.1 Å². The second kappa shape index (κ2) is 1.96. The molecule has 0 aromatic rings. The fourth-order valence-electron chi connectivity index (χ4n) is 0. The van der Waals surface area contributed by atoms with Crippen LogP contribution in [-0.2, 0) is 25.9 Å². The van der Waals surface area contributed by atoms with E-state index in [9.17, 15) is 4.79 Å². The van der Waals surface area contributed by atoms with Gasteiger partial charge in [-0.05, 0) is 0 Å². The molecular formula is C3H5AuO3. The van der Waals surface area contributed by atoms with Crippen LogP contribution in [0.4, 0.5) is 0 Å². The topological polar surface area (TPSA) is 57.5 Å². The van der Waals surface area contributed by atoms with Crippen molar-refractivity contribution in [3.8, 4) is 0 Å². The van der Waals surface area contributed by atoms with E-state index in [4.69, 9.17) is 10.2 Å². The molecule has 0 rings (SSSR count). The van der Waals surface area contributed by atoms with Gasteiger partial charge < -0.3 is 0 Å². The van der Waals surface area contributed by atoms with Gasteiger partial charge in [-0.3, -0.25) is 0 Å². The number of hydrogen-bond acceptors (Lipinski definition) is 2. The zero-order valence-corrected chi connectivity index (χ0v) is 5.77. The standard InChI is InChI=1S/C3H5O3.Au/c1-2(4)3(5)6;/h4H,1H3,(H,5,6);. The molecule has 0 heterocycles. The number of carboxylic acids is 1. The number of carbonyl (C=O) groups is 1. The van der Waals surface area contributed by atoms with Crippen molar-refractivity contribution in [2.75, 3.05) is 0 Å². The van der Waals surface area contributed by atoms with Crippen LogP contribution in [-0.4, -0.2) is 20.0 Å². The molecule has 0 saturated carbocycles. The van der Waals surface area contributed by atoms with Crippen molar-refractivity contribution in [3.05, 3.63) is 0 Å². The summed E-state index contributed by atoms with van der Waals surface area (Å²) in [7, 11) is 0. The van der Waals surface area contributed by atoms with E-state index in [2.05, 4.69) is 0 Å². The van der Waals surface area contributed by atoms with Crippen LogP contribution in [0.5, 0.6) is 0 Å². The van der Waals surface area contributed by atoms with Gasteiger partial charge in [-0.2, -0.15) is 0 Å². The van der Waals surface area contributed by atoms with E-state index in [1.165, 1.54) is 6.92 Å². The third kappa shape index (κ3) is 2.82. The van der Waals surface area contributed by atoms with Crippen molar-refractivity contribution in [1.29, 1.82) is 0 Å². The maximum atomic E-state index is 9.76. The Morgan fingerprint density at radius 2 is 2.00 bits per heavy atom. The van der Waals surface area contributed by atoms with Gasteiger partial charge >= 0.3 is 52.8 Å². The zero-order chi connectivity index (χ0) is 6.08. The molecule has 0 aliphatic carbocycles. The molecule has 4 heteroatoms. The molecule has 0 saturated heterocycles. The Kier molecular flexibility index (Phi) is 2.01. The molecule has 0 aliphatic heterocycles. The van der Waals surface area contributed by atoms with Gasteiger partial charge in [0.15, 0.2) is 0 Å². The summed E-state index contributed by atoms with van der Waals surface area (Å²) in [6.45, 7) is 1.19. The monoisotopic (exact) mass is 286 g/mol. The minimum absolute atomic E-state index is 1.19. The Hall–Kier alpha value is 0.170. The first-order chi connectivity index (χ1) is 2.94. The number of rotatable bonds is 1. The summed E-state index contributed by atoms with van der Waals surface area (Å²) in [5, 5.41) is 16.5. The third-order valence-electron chi connectivity index (χ3n) is 0.374. The van der Waals surface area contributed by atoms with Gasteiger partial charge in [0.05, 0.1) is 0 Å². The summed E-state index contributed by atoms with van der Waals surface area (Å²) in [4.78, 5) is 9.76. The van der Waals surface area contributed by atoms with Crippen LogP contribution in [0.2, 0.25) is 0 Å². The molecule has 3 nitrogen and oxygen atoms in total. The Bertz CT molecular complexity index is 82.7. The Morgan fingerprint density at radius 1 is 1.86 bits per heavy atom. The molecule has 0 aromatic heterocycles. The number of aliphatic carboxylic acids is 1. The van der Waals surface area contributed by atoms with Crippen LogP contribution < -0.4 is 0 Å². The zero-order valence-electron chi connectivity index (χ0n) is 3.60. The van der Waals surface area contributed by atoms with Crippen LogP contribution in [0.15, 0.2) is 0 Å². The molecule has 46 valence electrons. The number of carboxylic acid groups (broad SMARTS) is 1. The molecule has 7 heavy (non-hydrogen) atoms. The van der Waals surface area contributed by atoms with E-state index in [-0.39, 0.29) is 0 Å². The SMILES string of the molecule is C[C](O)([Au])C(=O)O. The quantitative estimate of drug-likeness (QED) is 0.628. The van der Waals surface area contributed by atoms with Crippen LogP contribution in [0.3, 0.4) is 0 Å². The van der Waals surface area contributed by atoms with E-state index in [0.717, 1.165) is 0 Å². The summed E-state index contributed by atoms with van der Waals surface area (Å²) in [6.07, 6.45) is 0. The van der Waals surface area contributed by atoms with Crippen molar-refractivity contribution >= 4 is 5.97 Å². The first-order valence-corrected chi connectivity index (χ1v) is 2.64. The predicted octanol–water partition coefficient (Wildman–Crippen LogP) is -0.674. The second-order valence-corrected chi connectivity index (χ2v) is 3.29. The molecule has 0 aromatic carbocycles. The van der Waals surface area contributed by atoms with Crippen molar-refractivity contribution < 1.29 is 36.1 Å². The first-order valence-electron chi connectivity index (χ1n) is 1.55. The summed E-state index contributed by atoms with van der Waals surface area (Å²) in [5.74, 6) is -1.23. The van der Waals surface area contributed by atoms with Gasteiger partial charge in [-0.25, -0.2) is 0 Å². The molecule has 0 bridgehead atoms. The van der Waals surface area contributed by atoms with Crippen molar-refractivity contribution in [2.24, 2.45) is 0 Å². The van der Waals surface area contributed by atoms with Gasteiger partial charge in [-0.1, -0.05) is 0 Å². The number of hydrogen-bond donors (Lipinski definition) is 2. The summed E-state index contributed by atoms with van der Waals surface area (Å²) >= 11 is 1.60.